The van der Waals surface area contributed by atoms with Crippen molar-refractivity contribution in [3.63, 3.8) is 0 Å². The maximum atomic E-state index is 12.7. The molecular formula is C19H20N2O4. The number of carboxylic acid groups (broad SMARTS) is 1. The van der Waals surface area contributed by atoms with E-state index in [9.17, 15) is 9.59 Å². The van der Waals surface area contributed by atoms with Crippen molar-refractivity contribution in [2.24, 2.45) is 0 Å². The van der Waals surface area contributed by atoms with Gasteiger partial charge >= 0.3 is 5.97 Å². The Bertz CT molecular complexity index is 773. The summed E-state index contributed by atoms with van der Waals surface area (Å²) < 4.78 is 5.18. The van der Waals surface area contributed by atoms with Crippen LogP contribution in [0, 0.1) is 0 Å². The summed E-state index contributed by atoms with van der Waals surface area (Å²) in [6, 6.07) is 9.30. The Balaban J connectivity index is 1.75. The standard InChI is InChI=1S/C19H20N2O4/c1-25-17-6-4-13(5-7-17)14-3-2-8-21(12-14)18(22)15-9-16(19(23)24)11-20-10-15/h4-7,9-11,14H,2-3,8,12H2,1H3,(H,23,24). The van der Waals surface area contributed by atoms with Crippen LogP contribution in [0.5, 0.6) is 5.75 Å². The first-order valence-corrected chi connectivity index (χ1v) is 8.20. The number of aromatic carboxylic acids is 1. The van der Waals surface area contributed by atoms with Crippen molar-refractivity contribution in [1.29, 1.82) is 0 Å². The van der Waals surface area contributed by atoms with E-state index >= 15 is 0 Å². The lowest BCUT2D eigenvalue weighted by atomic mass is 9.90. The van der Waals surface area contributed by atoms with Crippen LogP contribution in [0.25, 0.3) is 0 Å². The Morgan fingerprint density at radius 3 is 2.60 bits per heavy atom. The molecule has 1 fully saturated rings. The number of rotatable bonds is 4. The third kappa shape index (κ3) is 3.79. The van der Waals surface area contributed by atoms with Crippen LogP contribution in [-0.4, -0.2) is 47.1 Å². The van der Waals surface area contributed by atoms with Crippen molar-refractivity contribution in [1.82, 2.24) is 9.88 Å². The molecule has 1 atom stereocenters. The Kier molecular flexibility index (Phi) is 4.97. The van der Waals surface area contributed by atoms with Gasteiger partial charge in [0.05, 0.1) is 18.2 Å². The molecule has 0 radical (unpaired) electrons. The van der Waals surface area contributed by atoms with Crippen LogP contribution < -0.4 is 4.74 Å². The number of amides is 1. The minimum atomic E-state index is -1.09. The Hall–Kier alpha value is -2.89. The first kappa shape index (κ1) is 17.0. The zero-order chi connectivity index (χ0) is 17.8. The third-order valence-electron chi connectivity index (χ3n) is 4.53. The fraction of sp³-hybridized carbons (Fsp3) is 0.316. The summed E-state index contributed by atoms with van der Waals surface area (Å²) in [6.07, 6.45) is 4.60. The van der Waals surface area contributed by atoms with Gasteiger partial charge in [-0.3, -0.25) is 9.78 Å². The molecule has 1 N–H and O–H groups in total. The van der Waals surface area contributed by atoms with Crippen LogP contribution in [0.15, 0.2) is 42.7 Å². The summed E-state index contributed by atoms with van der Waals surface area (Å²) in [7, 11) is 1.63. The highest BCUT2D eigenvalue weighted by Crippen LogP contribution is 2.29. The van der Waals surface area contributed by atoms with E-state index in [-0.39, 0.29) is 17.4 Å². The normalized spacial score (nSPS) is 17.2. The van der Waals surface area contributed by atoms with Gasteiger partial charge < -0.3 is 14.7 Å². The molecule has 1 aliphatic rings. The number of likely N-dealkylation sites (tertiary alicyclic amines) is 1. The maximum absolute atomic E-state index is 12.7. The molecule has 0 spiro atoms. The molecular weight excluding hydrogens is 320 g/mol. The Morgan fingerprint density at radius 2 is 1.92 bits per heavy atom. The van der Waals surface area contributed by atoms with Gasteiger partial charge in [0.2, 0.25) is 0 Å². The third-order valence-corrected chi connectivity index (χ3v) is 4.53. The largest absolute Gasteiger partial charge is 0.497 e. The molecule has 1 aromatic heterocycles. The van der Waals surface area contributed by atoms with E-state index in [0.717, 1.165) is 18.6 Å². The van der Waals surface area contributed by atoms with Gasteiger partial charge in [-0.05, 0) is 36.6 Å². The number of nitrogens with zero attached hydrogens (tertiary/aromatic N) is 2. The summed E-state index contributed by atoms with van der Waals surface area (Å²) in [5.41, 5.74) is 1.51. The number of carboxylic acids is 1. The molecule has 6 heteroatoms. The van der Waals surface area contributed by atoms with Crippen LogP contribution in [-0.2, 0) is 0 Å². The first-order valence-electron chi connectivity index (χ1n) is 8.20. The van der Waals surface area contributed by atoms with Gasteiger partial charge in [0, 0.05) is 31.4 Å². The average Bonchev–Trinajstić information content (AvgIpc) is 2.67. The van der Waals surface area contributed by atoms with E-state index in [2.05, 4.69) is 4.98 Å². The minimum absolute atomic E-state index is 0.0227. The lowest BCUT2D eigenvalue weighted by Gasteiger charge is -2.33. The van der Waals surface area contributed by atoms with E-state index in [1.807, 2.05) is 24.3 Å². The number of ether oxygens (including phenoxy) is 1. The molecule has 0 saturated carbocycles. The SMILES string of the molecule is COc1ccc(C2CCCN(C(=O)c3cncc(C(=O)O)c3)C2)cc1. The highest BCUT2D eigenvalue weighted by molar-refractivity contribution is 5.97. The van der Waals surface area contributed by atoms with Gasteiger partial charge in [-0.1, -0.05) is 12.1 Å². The van der Waals surface area contributed by atoms with Crippen LogP contribution in [0.2, 0.25) is 0 Å². The van der Waals surface area contributed by atoms with Crippen molar-refractivity contribution < 1.29 is 19.4 Å². The van der Waals surface area contributed by atoms with Crippen LogP contribution in [0.4, 0.5) is 0 Å². The molecule has 1 unspecified atom stereocenters. The molecule has 0 bridgehead atoms. The maximum Gasteiger partial charge on any atom is 0.337 e. The van der Waals surface area contributed by atoms with Crippen molar-refractivity contribution in [3.8, 4) is 5.75 Å². The molecule has 3 rings (SSSR count). The van der Waals surface area contributed by atoms with Gasteiger partial charge in [0.25, 0.3) is 5.91 Å². The van der Waals surface area contributed by atoms with Crippen LogP contribution in [0.1, 0.15) is 45.0 Å². The number of benzene rings is 1. The van der Waals surface area contributed by atoms with Crippen molar-refractivity contribution >= 4 is 11.9 Å². The van der Waals surface area contributed by atoms with E-state index < -0.39 is 5.97 Å². The summed E-state index contributed by atoms with van der Waals surface area (Å²) in [4.78, 5) is 29.4. The second-order valence-corrected chi connectivity index (χ2v) is 6.13. The topological polar surface area (TPSA) is 79.7 Å². The fourth-order valence-electron chi connectivity index (χ4n) is 3.17. The van der Waals surface area contributed by atoms with Crippen LogP contribution in [0.3, 0.4) is 0 Å². The second-order valence-electron chi connectivity index (χ2n) is 6.13. The van der Waals surface area contributed by atoms with E-state index in [1.165, 1.54) is 24.0 Å². The number of aromatic nitrogens is 1. The highest BCUT2D eigenvalue weighted by atomic mass is 16.5. The number of methoxy groups -OCH3 is 1. The predicted molar refractivity (Wildman–Crippen MR) is 92.1 cm³/mol. The van der Waals surface area contributed by atoms with Gasteiger partial charge in [0.15, 0.2) is 0 Å². The molecule has 2 aromatic rings. The lowest BCUT2D eigenvalue weighted by Crippen LogP contribution is -2.39. The van der Waals surface area contributed by atoms with Crippen LogP contribution >= 0.6 is 0 Å². The predicted octanol–water partition coefficient (Wildman–Crippen LogP) is 2.81. The average molecular weight is 340 g/mol. The first-order chi connectivity index (χ1) is 12.1. The zero-order valence-corrected chi connectivity index (χ0v) is 14.0. The molecule has 6 nitrogen and oxygen atoms in total. The Labute approximate surface area is 146 Å². The van der Waals surface area contributed by atoms with Gasteiger partial charge in [-0.2, -0.15) is 0 Å². The molecule has 1 amide bonds. The lowest BCUT2D eigenvalue weighted by molar-refractivity contribution is 0.0696. The monoisotopic (exact) mass is 340 g/mol. The summed E-state index contributed by atoms with van der Waals surface area (Å²) >= 11 is 0. The molecule has 1 saturated heterocycles. The van der Waals surface area contributed by atoms with E-state index in [0.29, 0.717) is 18.7 Å². The number of piperidine rings is 1. The minimum Gasteiger partial charge on any atom is -0.497 e. The van der Waals surface area contributed by atoms with Crippen molar-refractivity contribution in [2.75, 3.05) is 20.2 Å². The van der Waals surface area contributed by atoms with E-state index in [1.54, 1.807) is 12.0 Å². The zero-order valence-electron chi connectivity index (χ0n) is 14.0. The smallest absolute Gasteiger partial charge is 0.337 e. The quantitative estimate of drug-likeness (QED) is 0.926. The fourth-order valence-corrected chi connectivity index (χ4v) is 3.17. The number of hydrogen-bond donors (Lipinski definition) is 1. The summed E-state index contributed by atoms with van der Waals surface area (Å²) in [5.74, 6) is -0.186. The molecule has 1 aromatic carbocycles. The Morgan fingerprint density at radius 1 is 1.20 bits per heavy atom. The second kappa shape index (κ2) is 7.34. The number of hydrogen-bond acceptors (Lipinski definition) is 4. The number of carbonyl (C=O) groups excluding carboxylic acids is 1. The van der Waals surface area contributed by atoms with E-state index in [4.69, 9.17) is 9.84 Å². The van der Waals surface area contributed by atoms with Crippen molar-refractivity contribution in [3.05, 3.63) is 59.4 Å². The molecule has 130 valence electrons. The van der Waals surface area contributed by atoms with Gasteiger partial charge in [-0.15, -0.1) is 0 Å². The highest BCUT2D eigenvalue weighted by Gasteiger charge is 2.26. The van der Waals surface area contributed by atoms with Gasteiger partial charge in [-0.25, -0.2) is 4.79 Å². The number of pyridine rings is 1. The van der Waals surface area contributed by atoms with Gasteiger partial charge in [0.1, 0.15) is 5.75 Å². The number of carbonyl (C=O) groups is 2. The van der Waals surface area contributed by atoms with Crippen molar-refractivity contribution in [2.45, 2.75) is 18.8 Å². The molecule has 25 heavy (non-hydrogen) atoms. The summed E-state index contributed by atoms with van der Waals surface area (Å²) in [6.45, 7) is 1.28. The summed E-state index contributed by atoms with van der Waals surface area (Å²) in [5, 5.41) is 9.06. The molecule has 0 aliphatic carbocycles. The molecule has 1 aliphatic heterocycles. The molecule has 2 heterocycles.